The summed E-state index contributed by atoms with van der Waals surface area (Å²) in [5.41, 5.74) is 7.43. The Bertz CT molecular complexity index is 867. The highest BCUT2D eigenvalue weighted by Gasteiger charge is 2.45. The van der Waals surface area contributed by atoms with Gasteiger partial charge in [-0.05, 0) is 30.9 Å². The van der Waals surface area contributed by atoms with Crippen LogP contribution in [0.2, 0.25) is 0 Å². The van der Waals surface area contributed by atoms with E-state index in [1.54, 1.807) is 13.8 Å². The van der Waals surface area contributed by atoms with Crippen molar-refractivity contribution in [3.05, 3.63) is 57.1 Å². The molecule has 1 aromatic carbocycles. The summed E-state index contributed by atoms with van der Waals surface area (Å²) in [7, 11) is 0. The van der Waals surface area contributed by atoms with Gasteiger partial charge in [0.1, 0.15) is 11.3 Å². The monoisotopic (exact) mass is 433 g/mol. The molecule has 144 valence electrons. The number of benzene rings is 1. The van der Waals surface area contributed by atoms with Gasteiger partial charge >= 0.3 is 5.97 Å². The molecule has 0 saturated carbocycles. The highest BCUT2D eigenvalue weighted by Crippen LogP contribution is 2.49. The molecular formula is C21H24BrNO4. The molecule has 0 fully saturated rings. The number of carbonyl (C=O) groups is 2. The lowest BCUT2D eigenvalue weighted by Crippen LogP contribution is -2.36. The fourth-order valence-electron chi connectivity index (χ4n) is 3.68. The number of allylic oxidation sites excluding steroid dienone is 2. The van der Waals surface area contributed by atoms with E-state index in [0.29, 0.717) is 24.2 Å². The van der Waals surface area contributed by atoms with Gasteiger partial charge in [0.25, 0.3) is 0 Å². The van der Waals surface area contributed by atoms with Gasteiger partial charge in [0.2, 0.25) is 5.88 Å². The number of carbonyl (C=O) groups excluding carboxylic acids is 2. The lowest BCUT2D eigenvalue weighted by molar-refractivity contribution is -0.143. The number of hydrogen-bond acceptors (Lipinski definition) is 5. The van der Waals surface area contributed by atoms with Gasteiger partial charge < -0.3 is 15.2 Å². The van der Waals surface area contributed by atoms with Gasteiger partial charge in [0, 0.05) is 22.9 Å². The first-order valence-electron chi connectivity index (χ1n) is 9.00. The molecule has 5 nitrogen and oxygen atoms in total. The molecular weight excluding hydrogens is 410 g/mol. The topological polar surface area (TPSA) is 78.6 Å². The summed E-state index contributed by atoms with van der Waals surface area (Å²) < 4.78 is 12.0. The average Bonchev–Trinajstić information content (AvgIpc) is 2.51. The number of ketones is 1. The number of esters is 1. The molecule has 6 heteroatoms. The third kappa shape index (κ3) is 3.81. The molecule has 1 aliphatic carbocycles. The molecule has 0 amide bonds. The number of nitrogens with two attached hydrogens (primary N) is 1. The van der Waals surface area contributed by atoms with Crippen LogP contribution in [0.3, 0.4) is 0 Å². The highest BCUT2D eigenvalue weighted by molar-refractivity contribution is 9.10. The Morgan fingerprint density at radius 1 is 1.30 bits per heavy atom. The molecule has 0 radical (unpaired) electrons. The molecule has 0 bridgehead atoms. The molecule has 0 aromatic heterocycles. The van der Waals surface area contributed by atoms with Crippen LogP contribution in [0, 0.1) is 5.41 Å². The number of halogens is 1. The third-order valence-electron chi connectivity index (χ3n) is 4.73. The molecule has 0 unspecified atom stereocenters. The Kier molecular flexibility index (Phi) is 5.21. The lowest BCUT2D eigenvalue weighted by Gasteiger charge is -2.38. The van der Waals surface area contributed by atoms with Crippen LogP contribution in [0.25, 0.3) is 0 Å². The Morgan fingerprint density at radius 3 is 2.59 bits per heavy atom. The van der Waals surface area contributed by atoms with E-state index in [0.717, 1.165) is 10.0 Å². The summed E-state index contributed by atoms with van der Waals surface area (Å²) in [6.07, 6.45) is 0.666. The Hall–Kier alpha value is -2.08. The predicted molar refractivity (Wildman–Crippen MR) is 105 cm³/mol. The largest absolute Gasteiger partial charge is 0.459 e. The van der Waals surface area contributed by atoms with E-state index in [1.807, 2.05) is 38.1 Å². The first kappa shape index (κ1) is 19.7. The molecule has 1 aromatic rings. The van der Waals surface area contributed by atoms with Crippen LogP contribution in [-0.2, 0) is 19.1 Å². The first-order valence-corrected chi connectivity index (χ1v) is 9.79. The van der Waals surface area contributed by atoms with Crippen molar-refractivity contribution in [3.8, 4) is 0 Å². The quantitative estimate of drug-likeness (QED) is 0.717. The SMILES string of the molecule is CC(C)OC(=O)C1=C(N)OC2=C(C(=O)CC(C)(C)C2)[C@@H]1c1ccccc1Br. The van der Waals surface area contributed by atoms with E-state index in [-0.39, 0.29) is 28.8 Å². The molecule has 2 N–H and O–H groups in total. The van der Waals surface area contributed by atoms with E-state index in [4.69, 9.17) is 15.2 Å². The number of hydrogen-bond donors (Lipinski definition) is 1. The summed E-state index contributed by atoms with van der Waals surface area (Å²) in [5.74, 6) is -0.641. The standard InChI is InChI=1S/C21H24BrNO4/c1-11(2)26-20(25)18-16(12-7-5-6-8-13(12)22)17-14(24)9-21(3,4)10-15(17)27-19(18)23/h5-8,11,16H,9-10,23H2,1-4H3/t16-/m0/s1. The van der Waals surface area contributed by atoms with E-state index in [1.165, 1.54) is 0 Å². The van der Waals surface area contributed by atoms with Crippen molar-refractivity contribution in [2.45, 2.75) is 52.6 Å². The van der Waals surface area contributed by atoms with Crippen LogP contribution in [0.5, 0.6) is 0 Å². The van der Waals surface area contributed by atoms with Gasteiger partial charge in [-0.15, -0.1) is 0 Å². The number of rotatable bonds is 3. The van der Waals surface area contributed by atoms with Crippen LogP contribution < -0.4 is 5.73 Å². The van der Waals surface area contributed by atoms with E-state index in [2.05, 4.69) is 15.9 Å². The molecule has 1 atom stereocenters. The van der Waals surface area contributed by atoms with Gasteiger partial charge in [0.15, 0.2) is 5.78 Å². The summed E-state index contributed by atoms with van der Waals surface area (Å²) in [6, 6.07) is 7.51. The minimum absolute atomic E-state index is 0.00523. The van der Waals surface area contributed by atoms with E-state index < -0.39 is 11.9 Å². The summed E-state index contributed by atoms with van der Waals surface area (Å²) in [6.45, 7) is 7.58. The highest BCUT2D eigenvalue weighted by atomic mass is 79.9. The fourth-order valence-corrected chi connectivity index (χ4v) is 4.19. The first-order chi connectivity index (χ1) is 12.6. The minimum Gasteiger partial charge on any atom is -0.459 e. The molecule has 3 rings (SSSR count). The van der Waals surface area contributed by atoms with Crippen molar-refractivity contribution in [1.82, 2.24) is 0 Å². The van der Waals surface area contributed by atoms with Crippen molar-refractivity contribution < 1.29 is 19.1 Å². The zero-order chi connectivity index (χ0) is 19.9. The van der Waals surface area contributed by atoms with Gasteiger partial charge in [0.05, 0.1) is 12.0 Å². The Labute approximate surface area is 167 Å². The molecule has 1 aliphatic heterocycles. The third-order valence-corrected chi connectivity index (χ3v) is 5.46. The maximum atomic E-state index is 13.1. The Morgan fingerprint density at radius 2 is 1.96 bits per heavy atom. The second-order valence-corrected chi connectivity index (χ2v) is 8.92. The second-order valence-electron chi connectivity index (χ2n) is 8.07. The minimum atomic E-state index is -0.612. The fraction of sp³-hybridized carbons (Fsp3) is 0.429. The molecule has 0 saturated heterocycles. The number of Topliss-reactive ketones (excluding diaryl/α,β-unsaturated/α-hetero) is 1. The zero-order valence-corrected chi connectivity index (χ0v) is 17.6. The van der Waals surface area contributed by atoms with Crippen LogP contribution in [0.15, 0.2) is 51.5 Å². The summed E-state index contributed by atoms with van der Waals surface area (Å²) in [5, 5.41) is 0. The molecule has 0 spiro atoms. The Balaban J connectivity index is 2.19. The smallest absolute Gasteiger partial charge is 0.340 e. The molecule has 27 heavy (non-hydrogen) atoms. The zero-order valence-electron chi connectivity index (χ0n) is 16.0. The normalized spacial score (nSPS) is 21.9. The molecule has 2 aliphatic rings. The number of ether oxygens (including phenoxy) is 2. The van der Waals surface area contributed by atoms with Crippen LogP contribution in [0.4, 0.5) is 0 Å². The van der Waals surface area contributed by atoms with E-state index >= 15 is 0 Å². The predicted octanol–water partition coefficient (Wildman–Crippen LogP) is 4.33. The molecule has 1 heterocycles. The lowest BCUT2D eigenvalue weighted by atomic mass is 9.70. The average molecular weight is 434 g/mol. The van der Waals surface area contributed by atoms with Gasteiger partial charge in [-0.2, -0.15) is 0 Å². The second kappa shape index (κ2) is 7.15. The van der Waals surface area contributed by atoms with Gasteiger partial charge in [-0.1, -0.05) is 48.0 Å². The van der Waals surface area contributed by atoms with Crippen LogP contribution in [-0.4, -0.2) is 17.9 Å². The van der Waals surface area contributed by atoms with Crippen molar-refractivity contribution in [2.24, 2.45) is 11.1 Å². The summed E-state index contributed by atoms with van der Waals surface area (Å²) in [4.78, 5) is 25.9. The maximum absolute atomic E-state index is 13.1. The van der Waals surface area contributed by atoms with E-state index in [9.17, 15) is 9.59 Å². The van der Waals surface area contributed by atoms with Crippen molar-refractivity contribution in [1.29, 1.82) is 0 Å². The maximum Gasteiger partial charge on any atom is 0.340 e. The van der Waals surface area contributed by atoms with Gasteiger partial charge in [-0.3, -0.25) is 4.79 Å². The van der Waals surface area contributed by atoms with Crippen molar-refractivity contribution >= 4 is 27.7 Å². The summed E-state index contributed by atoms with van der Waals surface area (Å²) >= 11 is 3.55. The van der Waals surface area contributed by atoms with Crippen molar-refractivity contribution in [3.63, 3.8) is 0 Å². The van der Waals surface area contributed by atoms with Gasteiger partial charge in [-0.25, -0.2) is 4.79 Å². The van der Waals surface area contributed by atoms with Crippen molar-refractivity contribution in [2.75, 3.05) is 0 Å². The van der Waals surface area contributed by atoms with Crippen LogP contribution >= 0.6 is 15.9 Å². The van der Waals surface area contributed by atoms with Crippen LogP contribution in [0.1, 0.15) is 52.0 Å².